The van der Waals surface area contributed by atoms with Crippen LogP contribution in [-0.4, -0.2) is 40.6 Å². The van der Waals surface area contributed by atoms with E-state index in [1.54, 1.807) is 4.90 Å². The zero-order chi connectivity index (χ0) is 12.5. The molecule has 2 fully saturated rings. The Morgan fingerprint density at radius 3 is 2.59 bits per heavy atom. The highest BCUT2D eigenvalue weighted by Gasteiger charge is 2.41. The molecular formula is C12H20N2O3. The lowest BCUT2D eigenvalue weighted by Gasteiger charge is -2.42. The minimum Gasteiger partial charge on any atom is -0.481 e. The summed E-state index contributed by atoms with van der Waals surface area (Å²) in [5.41, 5.74) is -0.477. The highest BCUT2D eigenvalue weighted by Crippen LogP contribution is 2.35. The van der Waals surface area contributed by atoms with Gasteiger partial charge in [-0.3, -0.25) is 4.79 Å². The molecule has 2 rings (SSSR count). The number of carbonyl (C=O) groups is 2. The maximum Gasteiger partial charge on any atom is 0.317 e. The minimum absolute atomic E-state index is 0.0438. The first kappa shape index (κ1) is 12.2. The fraction of sp³-hybridized carbons (Fsp3) is 0.833. The van der Waals surface area contributed by atoms with E-state index < -0.39 is 11.5 Å². The number of nitrogens with zero attached hydrogens (tertiary/aromatic N) is 1. The average Bonchev–Trinajstić information content (AvgIpc) is 2.60. The summed E-state index contributed by atoms with van der Waals surface area (Å²) in [6.45, 7) is 3.70. The summed E-state index contributed by atoms with van der Waals surface area (Å²) >= 11 is 0. The van der Waals surface area contributed by atoms with Crippen LogP contribution in [0.15, 0.2) is 0 Å². The molecule has 1 aliphatic heterocycles. The van der Waals surface area contributed by atoms with E-state index in [0.29, 0.717) is 5.92 Å². The van der Waals surface area contributed by atoms with Crippen molar-refractivity contribution in [2.75, 3.05) is 13.1 Å². The summed E-state index contributed by atoms with van der Waals surface area (Å²) in [5.74, 6) is -0.280. The Bertz CT molecular complexity index is 326. The molecular weight excluding hydrogens is 220 g/mol. The third kappa shape index (κ3) is 2.70. The van der Waals surface area contributed by atoms with Crippen LogP contribution in [0.3, 0.4) is 0 Å². The molecule has 2 amide bonds. The van der Waals surface area contributed by atoms with Crippen LogP contribution in [0.1, 0.15) is 39.0 Å². The number of hydrogen-bond donors (Lipinski definition) is 2. The molecule has 0 aromatic rings. The summed E-state index contributed by atoms with van der Waals surface area (Å²) in [6, 6.07) is -0.0877. The number of hydrogen-bond acceptors (Lipinski definition) is 2. The van der Waals surface area contributed by atoms with Gasteiger partial charge in [-0.1, -0.05) is 6.92 Å². The monoisotopic (exact) mass is 240 g/mol. The summed E-state index contributed by atoms with van der Waals surface area (Å²) in [7, 11) is 0. The smallest absolute Gasteiger partial charge is 0.317 e. The number of nitrogens with one attached hydrogen (secondary N) is 1. The van der Waals surface area contributed by atoms with Crippen molar-refractivity contribution in [1.29, 1.82) is 0 Å². The highest BCUT2D eigenvalue weighted by molar-refractivity contribution is 5.77. The summed E-state index contributed by atoms with van der Waals surface area (Å²) in [5, 5.41) is 11.8. The predicted molar refractivity (Wildman–Crippen MR) is 62.7 cm³/mol. The van der Waals surface area contributed by atoms with Gasteiger partial charge in [0.2, 0.25) is 0 Å². The number of rotatable bonds is 3. The summed E-state index contributed by atoms with van der Waals surface area (Å²) in [6.07, 6.45) is 3.66. The molecule has 1 unspecified atom stereocenters. The quantitative estimate of drug-likeness (QED) is 0.784. The fourth-order valence-electron chi connectivity index (χ4n) is 2.66. The second-order valence-corrected chi connectivity index (χ2v) is 5.47. The molecule has 5 heteroatoms. The molecule has 1 saturated heterocycles. The largest absolute Gasteiger partial charge is 0.481 e. The molecule has 1 saturated carbocycles. The van der Waals surface area contributed by atoms with E-state index in [2.05, 4.69) is 12.2 Å². The second kappa shape index (κ2) is 4.55. The standard InChI is InChI=1S/C12H20N2O3/c1-9-3-6-14(8-9)11(17)13-12(4-2-5-12)7-10(15)16/h9H,2-8H2,1H3,(H,13,17)(H,15,16). The molecule has 0 aromatic heterocycles. The van der Waals surface area contributed by atoms with Crippen LogP contribution in [0.4, 0.5) is 4.79 Å². The van der Waals surface area contributed by atoms with E-state index >= 15 is 0 Å². The number of carboxylic acids is 1. The van der Waals surface area contributed by atoms with Crippen LogP contribution in [-0.2, 0) is 4.79 Å². The van der Waals surface area contributed by atoms with Gasteiger partial charge in [0.1, 0.15) is 0 Å². The Morgan fingerprint density at radius 1 is 1.47 bits per heavy atom. The van der Waals surface area contributed by atoms with E-state index in [0.717, 1.165) is 38.8 Å². The van der Waals surface area contributed by atoms with Crippen molar-refractivity contribution in [2.24, 2.45) is 5.92 Å². The summed E-state index contributed by atoms with van der Waals surface area (Å²) < 4.78 is 0. The van der Waals surface area contributed by atoms with Gasteiger partial charge in [-0.2, -0.15) is 0 Å². The van der Waals surface area contributed by atoms with Crippen molar-refractivity contribution >= 4 is 12.0 Å². The molecule has 17 heavy (non-hydrogen) atoms. The number of likely N-dealkylation sites (tertiary alicyclic amines) is 1. The van der Waals surface area contributed by atoms with Gasteiger partial charge in [-0.05, 0) is 31.6 Å². The Labute approximate surface area is 101 Å². The Morgan fingerprint density at radius 2 is 2.18 bits per heavy atom. The first-order valence-electron chi connectivity index (χ1n) is 6.30. The van der Waals surface area contributed by atoms with E-state index in [9.17, 15) is 9.59 Å². The molecule has 1 aliphatic carbocycles. The van der Waals surface area contributed by atoms with Crippen molar-refractivity contribution in [2.45, 2.75) is 44.6 Å². The summed E-state index contributed by atoms with van der Waals surface area (Å²) in [4.78, 5) is 24.6. The molecule has 96 valence electrons. The third-order valence-corrected chi connectivity index (χ3v) is 3.88. The third-order valence-electron chi connectivity index (χ3n) is 3.88. The van der Waals surface area contributed by atoms with Crippen molar-refractivity contribution in [3.8, 4) is 0 Å². The zero-order valence-electron chi connectivity index (χ0n) is 10.2. The SMILES string of the molecule is CC1CCN(C(=O)NC2(CC(=O)O)CCC2)C1. The molecule has 0 radical (unpaired) electrons. The second-order valence-electron chi connectivity index (χ2n) is 5.47. The number of aliphatic carboxylic acids is 1. The normalized spacial score (nSPS) is 26.4. The van der Waals surface area contributed by atoms with Crippen LogP contribution in [0.5, 0.6) is 0 Å². The molecule has 0 bridgehead atoms. The van der Waals surface area contributed by atoms with Gasteiger partial charge in [0.05, 0.1) is 12.0 Å². The van der Waals surface area contributed by atoms with Gasteiger partial charge in [-0.15, -0.1) is 0 Å². The number of urea groups is 1. The lowest BCUT2D eigenvalue weighted by molar-refractivity contribution is -0.139. The lowest BCUT2D eigenvalue weighted by Crippen LogP contribution is -2.57. The predicted octanol–water partition coefficient (Wildman–Crippen LogP) is 1.44. The molecule has 1 heterocycles. The topological polar surface area (TPSA) is 69.6 Å². The Kier molecular flexibility index (Phi) is 3.26. The van der Waals surface area contributed by atoms with Crippen molar-refractivity contribution in [1.82, 2.24) is 10.2 Å². The van der Waals surface area contributed by atoms with Gasteiger partial charge >= 0.3 is 12.0 Å². The van der Waals surface area contributed by atoms with Crippen LogP contribution < -0.4 is 5.32 Å². The van der Waals surface area contributed by atoms with Gasteiger partial charge < -0.3 is 15.3 Å². The number of carboxylic acid groups (broad SMARTS) is 1. The van der Waals surface area contributed by atoms with E-state index in [4.69, 9.17) is 5.11 Å². The Balaban J connectivity index is 1.90. The van der Waals surface area contributed by atoms with Crippen molar-refractivity contribution < 1.29 is 14.7 Å². The molecule has 1 atom stereocenters. The maximum absolute atomic E-state index is 12.0. The number of carbonyl (C=O) groups excluding carboxylic acids is 1. The van der Waals surface area contributed by atoms with E-state index in [1.807, 2.05) is 0 Å². The number of amides is 2. The first-order valence-corrected chi connectivity index (χ1v) is 6.30. The van der Waals surface area contributed by atoms with Crippen LogP contribution in [0.2, 0.25) is 0 Å². The zero-order valence-corrected chi connectivity index (χ0v) is 10.2. The molecule has 2 N–H and O–H groups in total. The van der Waals surface area contributed by atoms with Crippen LogP contribution in [0, 0.1) is 5.92 Å². The first-order chi connectivity index (χ1) is 8.01. The fourth-order valence-corrected chi connectivity index (χ4v) is 2.66. The highest BCUT2D eigenvalue weighted by atomic mass is 16.4. The lowest BCUT2D eigenvalue weighted by atomic mass is 9.74. The Hall–Kier alpha value is -1.26. The van der Waals surface area contributed by atoms with E-state index in [1.165, 1.54) is 0 Å². The van der Waals surface area contributed by atoms with Crippen molar-refractivity contribution in [3.05, 3.63) is 0 Å². The van der Waals surface area contributed by atoms with Gasteiger partial charge in [0.15, 0.2) is 0 Å². The minimum atomic E-state index is -0.834. The van der Waals surface area contributed by atoms with E-state index in [-0.39, 0.29) is 12.5 Å². The molecule has 2 aliphatic rings. The molecule has 5 nitrogen and oxygen atoms in total. The maximum atomic E-state index is 12.0. The van der Waals surface area contributed by atoms with Crippen LogP contribution >= 0.6 is 0 Å². The molecule has 0 spiro atoms. The van der Waals surface area contributed by atoms with Gasteiger partial charge in [-0.25, -0.2) is 4.79 Å². The van der Waals surface area contributed by atoms with Gasteiger partial charge in [0.25, 0.3) is 0 Å². The average molecular weight is 240 g/mol. The van der Waals surface area contributed by atoms with Crippen molar-refractivity contribution in [3.63, 3.8) is 0 Å². The van der Waals surface area contributed by atoms with Gasteiger partial charge in [0, 0.05) is 13.1 Å². The van der Waals surface area contributed by atoms with Crippen LogP contribution in [0.25, 0.3) is 0 Å². The molecule has 0 aromatic carbocycles.